The highest BCUT2D eigenvalue weighted by atomic mass is 31.2. The Kier molecular flexibility index (Phi) is 5.81. The molecule has 1 aliphatic rings. The maximum absolute atomic E-state index is 12.3. The van der Waals surface area contributed by atoms with Gasteiger partial charge in [-0.15, -0.1) is 0 Å². The zero-order valence-electron chi connectivity index (χ0n) is 13.7. The van der Waals surface area contributed by atoms with E-state index in [0.29, 0.717) is 11.7 Å². The van der Waals surface area contributed by atoms with Crippen LogP contribution in [-0.2, 0) is 9.09 Å². The highest BCUT2D eigenvalue weighted by Crippen LogP contribution is 2.49. The number of benzene rings is 1. The van der Waals surface area contributed by atoms with Crippen LogP contribution in [0.25, 0.3) is 0 Å². The standard InChI is InChI=1S/C15H24N3O4P/c1-4-22-23(20,21)18(15(19)16-2)13-9-7-12(8-10-13)14-6-5-11-17(14)3/h7-10,14H,4-6,11H2,1-3H3,(H,16,19)(H,20,21). The van der Waals surface area contributed by atoms with E-state index in [-0.39, 0.29) is 6.61 Å². The molecular weight excluding hydrogens is 317 g/mol. The third-order valence-corrected chi connectivity index (χ3v) is 5.51. The summed E-state index contributed by atoms with van der Waals surface area (Å²) < 4.78 is 18.0. The third kappa shape index (κ3) is 3.93. The molecule has 1 fully saturated rings. The van der Waals surface area contributed by atoms with E-state index < -0.39 is 13.8 Å². The first-order chi connectivity index (χ1) is 10.9. The van der Waals surface area contributed by atoms with Crippen LogP contribution >= 0.6 is 7.75 Å². The molecule has 1 saturated heterocycles. The molecule has 0 spiro atoms. The van der Waals surface area contributed by atoms with Crippen molar-refractivity contribution >= 4 is 19.5 Å². The first-order valence-electron chi connectivity index (χ1n) is 7.70. The predicted molar refractivity (Wildman–Crippen MR) is 89.4 cm³/mol. The lowest BCUT2D eigenvalue weighted by Gasteiger charge is -2.26. The number of rotatable bonds is 5. The Balaban J connectivity index is 2.29. The van der Waals surface area contributed by atoms with E-state index in [1.54, 1.807) is 19.1 Å². The molecule has 128 valence electrons. The maximum atomic E-state index is 12.3. The van der Waals surface area contributed by atoms with Crippen LogP contribution in [-0.4, -0.2) is 43.1 Å². The molecule has 2 atom stereocenters. The van der Waals surface area contributed by atoms with E-state index in [1.807, 2.05) is 12.1 Å². The summed E-state index contributed by atoms with van der Waals surface area (Å²) >= 11 is 0. The molecule has 1 heterocycles. The first kappa shape index (κ1) is 17.9. The molecule has 0 aliphatic carbocycles. The van der Waals surface area contributed by atoms with Crippen molar-refractivity contribution < 1.29 is 18.8 Å². The van der Waals surface area contributed by atoms with E-state index in [4.69, 9.17) is 4.52 Å². The quantitative estimate of drug-likeness (QED) is 0.805. The summed E-state index contributed by atoms with van der Waals surface area (Å²) in [4.78, 5) is 24.3. The molecule has 2 unspecified atom stereocenters. The lowest BCUT2D eigenvalue weighted by Crippen LogP contribution is -2.36. The smallest absolute Gasteiger partial charge is 0.340 e. The minimum atomic E-state index is -4.24. The molecule has 8 heteroatoms. The van der Waals surface area contributed by atoms with Crippen molar-refractivity contribution in [1.29, 1.82) is 0 Å². The zero-order chi connectivity index (χ0) is 17.0. The van der Waals surface area contributed by atoms with Crippen LogP contribution < -0.4 is 9.99 Å². The number of nitrogens with zero attached hydrogens (tertiary/aromatic N) is 2. The fraction of sp³-hybridized carbons (Fsp3) is 0.533. The van der Waals surface area contributed by atoms with Gasteiger partial charge in [0.2, 0.25) is 0 Å². The predicted octanol–water partition coefficient (Wildman–Crippen LogP) is 2.74. The van der Waals surface area contributed by atoms with Crippen molar-refractivity contribution in [2.24, 2.45) is 0 Å². The number of hydrogen-bond donors (Lipinski definition) is 2. The second kappa shape index (κ2) is 7.45. The van der Waals surface area contributed by atoms with Gasteiger partial charge >= 0.3 is 13.8 Å². The van der Waals surface area contributed by atoms with Crippen LogP contribution in [0, 0.1) is 0 Å². The van der Waals surface area contributed by atoms with Gasteiger partial charge < -0.3 is 10.2 Å². The molecule has 0 aromatic heterocycles. The Morgan fingerprint density at radius 2 is 2.13 bits per heavy atom. The minimum absolute atomic E-state index is 0.0340. The lowest BCUT2D eigenvalue weighted by molar-refractivity contribution is 0.242. The molecule has 7 nitrogen and oxygen atoms in total. The van der Waals surface area contributed by atoms with Crippen LogP contribution in [0.15, 0.2) is 24.3 Å². The molecule has 0 saturated carbocycles. The molecule has 2 N–H and O–H groups in total. The summed E-state index contributed by atoms with van der Waals surface area (Å²) in [6, 6.07) is 6.81. The number of anilines is 1. The van der Waals surface area contributed by atoms with Gasteiger partial charge in [0.15, 0.2) is 0 Å². The van der Waals surface area contributed by atoms with E-state index in [0.717, 1.165) is 29.6 Å². The van der Waals surface area contributed by atoms with Crippen molar-refractivity contribution in [3.63, 3.8) is 0 Å². The molecule has 2 rings (SSSR count). The van der Waals surface area contributed by atoms with Gasteiger partial charge in [0.25, 0.3) is 0 Å². The average Bonchev–Trinajstić information content (AvgIpc) is 2.93. The van der Waals surface area contributed by atoms with Crippen LogP contribution in [0.2, 0.25) is 0 Å². The Labute approximate surface area is 136 Å². The van der Waals surface area contributed by atoms with Crippen molar-refractivity contribution in [1.82, 2.24) is 10.2 Å². The fourth-order valence-electron chi connectivity index (χ4n) is 2.88. The van der Waals surface area contributed by atoms with E-state index in [1.165, 1.54) is 7.05 Å². The van der Waals surface area contributed by atoms with Gasteiger partial charge in [-0.1, -0.05) is 12.1 Å². The molecule has 2 amide bonds. The van der Waals surface area contributed by atoms with Gasteiger partial charge in [0.05, 0.1) is 12.3 Å². The Bertz CT molecular complexity index is 593. The lowest BCUT2D eigenvalue weighted by atomic mass is 10.0. The summed E-state index contributed by atoms with van der Waals surface area (Å²) in [7, 11) is -0.750. The summed E-state index contributed by atoms with van der Waals surface area (Å²) in [6.07, 6.45) is 2.25. The molecule has 23 heavy (non-hydrogen) atoms. The highest BCUT2D eigenvalue weighted by Gasteiger charge is 2.35. The van der Waals surface area contributed by atoms with Gasteiger partial charge in [-0.2, -0.15) is 4.67 Å². The maximum Gasteiger partial charge on any atom is 0.440 e. The van der Waals surface area contributed by atoms with E-state index in [9.17, 15) is 14.3 Å². The topological polar surface area (TPSA) is 82.1 Å². The molecule has 0 radical (unpaired) electrons. The largest absolute Gasteiger partial charge is 0.440 e. The van der Waals surface area contributed by atoms with Gasteiger partial charge in [-0.05, 0) is 51.1 Å². The number of amides is 2. The highest BCUT2D eigenvalue weighted by molar-refractivity contribution is 7.55. The van der Waals surface area contributed by atoms with Crippen molar-refractivity contribution in [2.45, 2.75) is 25.8 Å². The van der Waals surface area contributed by atoms with Crippen LogP contribution in [0.5, 0.6) is 0 Å². The molecule has 1 aromatic rings. The second-order valence-corrected chi connectivity index (χ2v) is 7.14. The molecular formula is C15H24N3O4P. The second-order valence-electron chi connectivity index (χ2n) is 5.51. The summed E-state index contributed by atoms with van der Waals surface area (Å²) in [5, 5.41) is 2.37. The first-order valence-corrected chi connectivity index (χ1v) is 9.23. The van der Waals surface area contributed by atoms with E-state index in [2.05, 4.69) is 17.3 Å². The zero-order valence-corrected chi connectivity index (χ0v) is 14.6. The van der Waals surface area contributed by atoms with E-state index >= 15 is 0 Å². The van der Waals surface area contributed by atoms with Gasteiger partial charge in [-0.3, -0.25) is 9.42 Å². The van der Waals surface area contributed by atoms with Gasteiger partial charge in [-0.25, -0.2) is 9.36 Å². The number of carbonyl (C=O) groups excluding carboxylic acids is 1. The number of urea groups is 1. The van der Waals surface area contributed by atoms with Crippen LogP contribution in [0.1, 0.15) is 31.4 Å². The number of carbonyl (C=O) groups is 1. The SMILES string of the molecule is CCOP(=O)(O)N(C(=O)NC)c1ccc(C2CCCN2C)cc1. The Hall–Kier alpha value is -1.40. The van der Waals surface area contributed by atoms with Crippen LogP contribution in [0.4, 0.5) is 10.5 Å². The van der Waals surface area contributed by atoms with Gasteiger partial charge in [0.1, 0.15) is 0 Å². The van der Waals surface area contributed by atoms with Crippen molar-refractivity contribution in [3.8, 4) is 0 Å². The van der Waals surface area contributed by atoms with Crippen molar-refractivity contribution in [3.05, 3.63) is 29.8 Å². The Morgan fingerprint density at radius 1 is 1.48 bits per heavy atom. The average molecular weight is 341 g/mol. The minimum Gasteiger partial charge on any atom is -0.340 e. The number of hydrogen-bond acceptors (Lipinski definition) is 4. The number of likely N-dealkylation sites (tertiary alicyclic amines) is 1. The number of nitrogens with one attached hydrogen (secondary N) is 1. The Morgan fingerprint density at radius 3 is 2.61 bits per heavy atom. The summed E-state index contributed by atoms with van der Waals surface area (Å²) in [5.41, 5.74) is 1.46. The van der Waals surface area contributed by atoms with Crippen molar-refractivity contribution in [2.75, 3.05) is 31.9 Å². The summed E-state index contributed by atoms with van der Waals surface area (Å²) in [5.74, 6) is 0. The molecule has 1 aliphatic heterocycles. The third-order valence-electron chi connectivity index (χ3n) is 4.00. The monoisotopic (exact) mass is 341 g/mol. The molecule has 1 aromatic carbocycles. The summed E-state index contributed by atoms with van der Waals surface area (Å²) in [6.45, 7) is 2.70. The normalized spacial score (nSPS) is 21.0. The molecule has 0 bridgehead atoms. The van der Waals surface area contributed by atoms with Gasteiger partial charge in [0, 0.05) is 13.1 Å². The fourth-order valence-corrected chi connectivity index (χ4v) is 4.09. The van der Waals surface area contributed by atoms with Crippen LogP contribution in [0.3, 0.4) is 0 Å².